The van der Waals surface area contributed by atoms with Crippen molar-refractivity contribution in [2.45, 2.75) is 38.9 Å². The maximum absolute atomic E-state index is 12.0. The predicted molar refractivity (Wildman–Crippen MR) is 81.3 cm³/mol. The zero-order chi connectivity index (χ0) is 16.3. The van der Waals surface area contributed by atoms with Crippen molar-refractivity contribution in [2.75, 3.05) is 25.2 Å². The molecule has 1 aromatic heterocycles. The van der Waals surface area contributed by atoms with Gasteiger partial charge in [-0.25, -0.2) is 9.78 Å². The van der Waals surface area contributed by atoms with E-state index in [1.165, 1.54) is 13.2 Å². The summed E-state index contributed by atoms with van der Waals surface area (Å²) in [6, 6.07) is 3.40. The second kappa shape index (κ2) is 6.39. The minimum atomic E-state index is -0.496. The van der Waals surface area contributed by atoms with Crippen molar-refractivity contribution < 1.29 is 19.5 Å². The van der Waals surface area contributed by atoms with Crippen LogP contribution in [0.5, 0.6) is 5.88 Å². The monoisotopic (exact) mass is 309 g/mol. The van der Waals surface area contributed by atoms with E-state index in [1.807, 2.05) is 20.8 Å². The van der Waals surface area contributed by atoms with Gasteiger partial charge in [0.2, 0.25) is 5.88 Å². The van der Waals surface area contributed by atoms with Crippen molar-refractivity contribution in [1.29, 1.82) is 0 Å². The fourth-order valence-electron chi connectivity index (χ4n) is 2.12. The Bertz CT molecular complexity index is 511. The maximum Gasteiger partial charge on any atom is 0.410 e. The lowest BCUT2D eigenvalue weighted by atomic mass is 10.2. The van der Waals surface area contributed by atoms with E-state index in [0.717, 1.165) is 11.5 Å². The van der Waals surface area contributed by atoms with Crippen LogP contribution < -0.4 is 9.80 Å². The first-order valence-electron chi connectivity index (χ1n) is 7.28. The number of amides is 1. The van der Waals surface area contributed by atoms with Crippen LogP contribution in [-0.4, -0.2) is 53.0 Å². The summed E-state index contributed by atoms with van der Waals surface area (Å²) in [5.41, 5.74) is 0.0816. The molecule has 0 saturated carbocycles. The zero-order valence-electron chi connectivity index (χ0n) is 13.4. The first-order chi connectivity index (χ1) is 10.2. The number of hydrogen-bond donors (Lipinski definition) is 1. The number of ether oxygens (including phenoxy) is 2. The van der Waals surface area contributed by atoms with Gasteiger partial charge in [0.05, 0.1) is 18.4 Å². The smallest absolute Gasteiger partial charge is 0.410 e. The van der Waals surface area contributed by atoms with E-state index in [4.69, 9.17) is 9.47 Å². The minimum absolute atomic E-state index is 0.0993. The zero-order valence-corrected chi connectivity index (χ0v) is 13.4. The summed E-state index contributed by atoms with van der Waals surface area (Å²) < 4.78 is 11.1. The van der Waals surface area contributed by atoms with Crippen LogP contribution in [0.4, 0.5) is 10.5 Å². The third-order valence-corrected chi connectivity index (χ3v) is 3.18. The Morgan fingerprint density at radius 3 is 2.73 bits per heavy atom. The van der Waals surface area contributed by atoms with Crippen LogP contribution in [-0.2, 0) is 4.74 Å². The minimum Gasteiger partial charge on any atom is -0.472 e. The maximum atomic E-state index is 12.0. The molecule has 0 aliphatic carbocycles. The molecule has 0 aromatic carbocycles. The van der Waals surface area contributed by atoms with Gasteiger partial charge in [-0.3, -0.25) is 10.3 Å². The molecule has 22 heavy (non-hydrogen) atoms. The number of carbonyl (C=O) groups excluding carboxylic acids is 1. The van der Waals surface area contributed by atoms with E-state index in [0.29, 0.717) is 24.7 Å². The molecule has 1 saturated heterocycles. The van der Waals surface area contributed by atoms with Gasteiger partial charge in [-0.15, -0.1) is 0 Å². The molecule has 1 amide bonds. The number of anilines is 1. The standard InChI is InChI=1S/C15H23N3O4/c1-15(2,3)22-14(19)18-8-7-12(10-18)21-13-6-5-11(9-16-13)17(4)20/h5-6,9,12,20H,7-8,10H2,1-4H3/t12-/m0/s1. The van der Waals surface area contributed by atoms with Crippen LogP contribution in [0.25, 0.3) is 0 Å². The Hall–Kier alpha value is -2.02. The Labute approximate surface area is 130 Å². The molecule has 0 spiro atoms. The highest BCUT2D eigenvalue weighted by molar-refractivity contribution is 5.68. The van der Waals surface area contributed by atoms with Gasteiger partial charge in [-0.1, -0.05) is 0 Å². The Morgan fingerprint density at radius 2 is 2.18 bits per heavy atom. The average Bonchev–Trinajstić information content (AvgIpc) is 2.86. The van der Waals surface area contributed by atoms with E-state index in [2.05, 4.69) is 4.98 Å². The van der Waals surface area contributed by atoms with Gasteiger partial charge in [0.15, 0.2) is 0 Å². The quantitative estimate of drug-likeness (QED) is 0.864. The summed E-state index contributed by atoms with van der Waals surface area (Å²) in [5, 5.41) is 10.3. The molecule has 1 aromatic rings. The highest BCUT2D eigenvalue weighted by Gasteiger charge is 2.31. The molecule has 1 N–H and O–H groups in total. The van der Waals surface area contributed by atoms with Crippen LogP contribution >= 0.6 is 0 Å². The average molecular weight is 309 g/mol. The predicted octanol–water partition coefficient (Wildman–Crippen LogP) is 2.30. The molecule has 7 heteroatoms. The summed E-state index contributed by atoms with van der Waals surface area (Å²) >= 11 is 0. The van der Waals surface area contributed by atoms with Crippen LogP contribution in [0, 0.1) is 0 Å². The largest absolute Gasteiger partial charge is 0.472 e. The summed E-state index contributed by atoms with van der Waals surface area (Å²) in [5.74, 6) is 0.474. The normalized spacial score (nSPS) is 18.2. The molecule has 0 unspecified atom stereocenters. The lowest BCUT2D eigenvalue weighted by Gasteiger charge is -2.24. The van der Waals surface area contributed by atoms with Crippen LogP contribution in [0.15, 0.2) is 18.3 Å². The van der Waals surface area contributed by atoms with E-state index in [1.54, 1.807) is 17.0 Å². The van der Waals surface area contributed by atoms with E-state index >= 15 is 0 Å². The van der Waals surface area contributed by atoms with E-state index in [9.17, 15) is 10.0 Å². The molecule has 1 fully saturated rings. The molecule has 7 nitrogen and oxygen atoms in total. The van der Waals surface area contributed by atoms with Gasteiger partial charge >= 0.3 is 6.09 Å². The van der Waals surface area contributed by atoms with Crippen molar-refractivity contribution in [3.05, 3.63) is 18.3 Å². The van der Waals surface area contributed by atoms with E-state index < -0.39 is 5.60 Å². The Kier molecular flexibility index (Phi) is 4.75. The summed E-state index contributed by atoms with van der Waals surface area (Å²) in [6.45, 7) is 6.63. The molecule has 122 valence electrons. The van der Waals surface area contributed by atoms with Crippen LogP contribution in [0.1, 0.15) is 27.2 Å². The molecule has 1 aliphatic heterocycles. The summed E-state index contributed by atoms with van der Waals surface area (Å²) in [6.07, 6.45) is 1.85. The number of likely N-dealkylation sites (tertiary alicyclic amines) is 1. The molecule has 0 radical (unpaired) electrons. The fraction of sp³-hybridized carbons (Fsp3) is 0.600. The third-order valence-electron chi connectivity index (χ3n) is 3.18. The molecular weight excluding hydrogens is 286 g/mol. The number of rotatable bonds is 3. The van der Waals surface area contributed by atoms with Gasteiger partial charge in [0.1, 0.15) is 11.7 Å². The van der Waals surface area contributed by atoms with Crippen LogP contribution in [0.3, 0.4) is 0 Å². The third kappa shape index (κ3) is 4.49. The number of hydroxylamine groups is 1. The van der Waals surface area contributed by atoms with Crippen molar-refractivity contribution in [2.24, 2.45) is 0 Å². The highest BCUT2D eigenvalue weighted by Crippen LogP contribution is 2.20. The SMILES string of the molecule is CN(O)c1ccc(O[C@H]2CCN(C(=O)OC(C)(C)C)C2)nc1. The van der Waals surface area contributed by atoms with Crippen LogP contribution in [0.2, 0.25) is 0 Å². The molecular formula is C15H23N3O4. The number of carbonyl (C=O) groups is 1. The van der Waals surface area contributed by atoms with Gasteiger partial charge < -0.3 is 14.4 Å². The van der Waals surface area contributed by atoms with Gasteiger partial charge in [0, 0.05) is 26.1 Å². The molecule has 0 bridgehead atoms. The molecule has 2 rings (SSSR count). The van der Waals surface area contributed by atoms with Crippen molar-refractivity contribution in [3.8, 4) is 5.88 Å². The second-order valence-corrected chi connectivity index (χ2v) is 6.33. The number of hydrogen-bond acceptors (Lipinski definition) is 6. The molecule has 1 atom stereocenters. The second-order valence-electron chi connectivity index (χ2n) is 6.33. The topological polar surface area (TPSA) is 75.1 Å². The fourth-order valence-corrected chi connectivity index (χ4v) is 2.12. The first kappa shape index (κ1) is 16.4. The van der Waals surface area contributed by atoms with Crippen molar-refractivity contribution in [1.82, 2.24) is 9.88 Å². The summed E-state index contributed by atoms with van der Waals surface area (Å²) in [4.78, 5) is 17.8. The highest BCUT2D eigenvalue weighted by atomic mass is 16.6. The lowest BCUT2D eigenvalue weighted by molar-refractivity contribution is 0.0275. The van der Waals surface area contributed by atoms with Gasteiger partial charge in [-0.2, -0.15) is 0 Å². The number of pyridine rings is 1. The summed E-state index contributed by atoms with van der Waals surface area (Å²) in [7, 11) is 1.52. The number of nitrogens with zero attached hydrogens (tertiary/aromatic N) is 3. The molecule has 1 aliphatic rings. The van der Waals surface area contributed by atoms with Gasteiger partial charge in [-0.05, 0) is 26.8 Å². The number of aromatic nitrogens is 1. The molecule has 2 heterocycles. The van der Waals surface area contributed by atoms with Crippen molar-refractivity contribution >= 4 is 11.8 Å². The first-order valence-corrected chi connectivity index (χ1v) is 7.28. The Morgan fingerprint density at radius 1 is 1.45 bits per heavy atom. The lowest BCUT2D eigenvalue weighted by Crippen LogP contribution is -2.36. The van der Waals surface area contributed by atoms with Gasteiger partial charge in [0.25, 0.3) is 0 Å². The van der Waals surface area contributed by atoms with E-state index in [-0.39, 0.29) is 12.2 Å². The Balaban J connectivity index is 1.87. The van der Waals surface area contributed by atoms with Crippen molar-refractivity contribution in [3.63, 3.8) is 0 Å².